The molecule has 0 atom stereocenters. The van der Waals surface area contributed by atoms with Crippen molar-refractivity contribution in [1.29, 1.82) is 0 Å². The summed E-state index contributed by atoms with van der Waals surface area (Å²) in [5.41, 5.74) is 6.72. The van der Waals surface area contributed by atoms with Crippen LogP contribution in [0.15, 0.2) is 24.3 Å². The lowest BCUT2D eigenvalue weighted by Crippen LogP contribution is -2.17. The molecule has 100 valence electrons. The summed E-state index contributed by atoms with van der Waals surface area (Å²) in [4.78, 5) is 0. The molecule has 0 aliphatic carbocycles. The van der Waals surface area contributed by atoms with E-state index in [0.717, 1.165) is 32.5 Å². The quantitative estimate of drug-likeness (QED) is 0.894. The van der Waals surface area contributed by atoms with Crippen molar-refractivity contribution in [1.82, 2.24) is 15.1 Å². The van der Waals surface area contributed by atoms with Crippen molar-refractivity contribution in [3.63, 3.8) is 0 Å². The Morgan fingerprint density at radius 2 is 2.00 bits per heavy atom. The number of hydrogen-bond donors (Lipinski definition) is 1. The van der Waals surface area contributed by atoms with E-state index in [0.29, 0.717) is 0 Å². The maximum atomic E-state index is 4.82. The molecule has 0 radical (unpaired) electrons. The lowest BCUT2D eigenvalue weighted by Gasteiger charge is -2.11. The zero-order chi connectivity index (χ0) is 13.2. The van der Waals surface area contributed by atoms with Crippen LogP contribution in [-0.2, 0) is 19.4 Å². The average Bonchev–Trinajstić information content (AvgIpc) is 2.61. The fraction of sp³-hybridized carbons (Fsp3) is 0.438. The van der Waals surface area contributed by atoms with E-state index in [4.69, 9.17) is 5.10 Å². The van der Waals surface area contributed by atoms with Gasteiger partial charge in [-0.05, 0) is 32.4 Å². The fourth-order valence-corrected chi connectivity index (χ4v) is 2.93. The van der Waals surface area contributed by atoms with Crippen LogP contribution in [0.25, 0.3) is 11.3 Å². The van der Waals surface area contributed by atoms with Crippen LogP contribution in [0.5, 0.6) is 0 Å². The molecule has 0 spiro atoms. The Labute approximate surface area is 114 Å². The molecular weight excluding hydrogens is 234 g/mol. The Balaban J connectivity index is 2.19. The van der Waals surface area contributed by atoms with Gasteiger partial charge in [0, 0.05) is 30.6 Å². The maximum absolute atomic E-state index is 4.82. The second-order valence-electron chi connectivity index (χ2n) is 5.15. The number of nitrogens with zero attached hydrogens (tertiary/aromatic N) is 2. The van der Waals surface area contributed by atoms with Crippen LogP contribution in [0.3, 0.4) is 0 Å². The molecule has 1 aliphatic heterocycles. The molecule has 0 unspecified atom stereocenters. The highest BCUT2D eigenvalue weighted by Gasteiger charge is 2.20. The Kier molecular flexibility index (Phi) is 3.38. The van der Waals surface area contributed by atoms with Gasteiger partial charge in [0.05, 0.1) is 11.4 Å². The average molecular weight is 255 g/mol. The third-order valence-corrected chi connectivity index (χ3v) is 3.92. The third-order valence-electron chi connectivity index (χ3n) is 3.92. The van der Waals surface area contributed by atoms with Gasteiger partial charge in [0.25, 0.3) is 0 Å². The van der Waals surface area contributed by atoms with Crippen molar-refractivity contribution in [3.05, 3.63) is 41.1 Å². The van der Waals surface area contributed by atoms with Gasteiger partial charge in [0.2, 0.25) is 0 Å². The summed E-state index contributed by atoms with van der Waals surface area (Å²) in [5.74, 6) is 0. The van der Waals surface area contributed by atoms with Crippen molar-refractivity contribution in [2.75, 3.05) is 13.1 Å². The number of aromatic nitrogens is 2. The molecule has 0 saturated heterocycles. The molecule has 0 amide bonds. The van der Waals surface area contributed by atoms with E-state index in [1.807, 2.05) is 0 Å². The lowest BCUT2D eigenvalue weighted by atomic mass is 9.99. The van der Waals surface area contributed by atoms with Gasteiger partial charge in [-0.2, -0.15) is 5.10 Å². The van der Waals surface area contributed by atoms with Crippen LogP contribution in [0, 0.1) is 6.92 Å². The van der Waals surface area contributed by atoms with Crippen LogP contribution in [0.4, 0.5) is 0 Å². The number of nitrogens with one attached hydrogen (secondary N) is 1. The monoisotopic (exact) mass is 255 g/mol. The molecule has 1 aromatic carbocycles. The van der Waals surface area contributed by atoms with Crippen molar-refractivity contribution in [3.8, 4) is 11.3 Å². The van der Waals surface area contributed by atoms with E-state index < -0.39 is 0 Å². The second kappa shape index (κ2) is 5.17. The summed E-state index contributed by atoms with van der Waals surface area (Å²) in [5, 5.41) is 8.29. The second-order valence-corrected chi connectivity index (χ2v) is 5.15. The smallest absolute Gasteiger partial charge is 0.0720 e. The molecule has 1 aromatic heterocycles. The normalized spacial score (nSPS) is 15.1. The van der Waals surface area contributed by atoms with Crippen molar-refractivity contribution >= 4 is 0 Å². The summed E-state index contributed by atoms with van der Waals surface area (Å²) in [6, 6.07) is 8.63. The minimum absolute atomic E-state index is 0.935. The minimum atomic E-state index is 0.935. The zero-order valence-corrected chi connectivity index (χ0v) is 11.7. The van der Waals surface area contributed by atoms with Gasteiger partial charge in [0.1, 0.15) is 0 Å². The molecule has 0 bridgehead atoms. The van der Waals surface area contributed by atoms with E-state index in [1.54, 1.807) is 0 Å². The molecule has 3 nitrogen and oxygen atoms in total. The highest BCUT2D eigenvalue weighted by molar-refractivity contribution is 5.68. The highest BCUT2D eigenvalue weighted by atomic mass is 15.3. The standard InChI is InChI=1S/C16H21N3/c1-3-19-16(13-7-5-4-6-12(13)2)14-8-10-17-11-9-15(14)18-19/h4-7,17H,3,8-11H2,1-2H3. The van der Waals surface area contributed by atoms with Crippen LogP contribution in [0.2, 0.25) is 0 Å². The third kappa shape index (κ3) is 2.19. The number of rotatable bonds is 2. The number of aryl methyl sites for hydroxylation is 2. The molecule has 0 fully saturated rings. The predicted molar refractivity (Wildman–Crippen MR) is 78.4 cm³/mol. The fourth-order valence-electron chi connectivity index (χ4n) is 2.93. The summed E-state index contributed by atoms with van der Waals surface area (Å²) in [7, 11) is 0. The van der Waals surface area contributed by atoms with Crippen molar-refractivity contribution in [2.45, 2.75) is 33.2 Å². The summed E-state index contributed by atoms with van der Waals surface area (Å²) in [6.07, 6.45) is 2.13. The van der Waals surface area contributed by atoms with Gasteiger partial charge < -0.3 is 5.32 Å². The van der Waals surface area contributed by atoms with Gasteiger partial charge in [-0.1, -0.05) is 24.3 Å². The Hall–Kier alpha value is -1.61. The number of benzene rings is 1. The van der Waals surface area contributed by atoms with E-state index >= 15 is 0 Å². The molecule has 2 heterocycles. The Morgan fingerprint density at radius 3 is 2.79 bits per heavy atom. The van der Waals surface area contributed by atoms with Crippen LogP contribution >= 0.6 is 0 Å². The topological polar surface area (TPSA) is 29.9 Å². The predicted octanol–water partition coefficient (Wildman–Crippen LogP) is 2.57. The van der Waals surface area contributed by atoms with Gasteiger partial charge in [0.15, 0.2) is 0 Å². The summed E-state index contributed by atoms with van der Waals surface area (Å²) < 4.78 is 2.18. The highest BCUT2D eigenvalue weighted by Crippen LogP contribution is 2.30. The Bertz CT molecular complexity index is 584. The first kappa shape index (κ1) is 12.4. The van der Waals surface area contributed by atoms with Crippen molar-refractivity contribution < 1.29 is 0 Å². The SMILES string of the molecule is CCn1nc2c(c1-c1ccccc1C)CCNCC2. The molecule has 1 aliphatic rings. The Morgan fingerprint density at radius 1 is 1.21 bits per heavy atom. The van der Waals surface area contributed by atoms with Crippen LogP contribution in [0.1, 0.15) is 23.7 Å². The minimum Gasteiger partial charge on any atom is -0.316 e. The molecule has 3 rings (SSSR count). The van der Waals surface area contributed by atoms with E-state index in [1.165, 1.54) is 28.1 Å². The maximum Gasteiger partial charge on any atom is 0.0720 e. The van der Waals surface area contributed by atoms with E-state index in [-0.39, 0.29) is 0 Å². The van der Waals surface area contributed by atoms with Crippen molar-refractivity contribution in [2.24, 2.45) is 0 Å². The van der Waals surface area contributed by atoms with Gasteiger partial charge in [-0.15, -0.1) is 0 Å². The molecule has 3 heteroatoms. The lowest BCUT2D eigenvalue weighted by molar-refractivity contribution is 0.637. The van der Waals surface area contributed by atoms with Crippen LogP contribution in [-0.4, -0.2) is 22.9 Å². The number of fused-ring (bicyclic) bond motifs is 1. The van der Waals surface area contributed by atoms with Gasteiger partial charge in [-0.3, -0.25) is 4.68 Å². The first-order valence-corrected chi connectivity index (χ1v) is 7.16. The van der Waals surface area contributed by atoms with Gasteiger partial charge >= 0.3 is 0 Å². The summed E-state index contributed by atoms with van der Waals surface area (Å²) >= 11 is 0. The molecule has 2 aromatic rings. The van der Waals surface area contributed by atoms with Gasteiger partial charge in [-0.25, -0.2) is 0 Å². The van der Waals surface area contributed by atoms with E-state index in [2.05, 4.69) is 48.1 Å². The first-order valence-electron chi connectivity index (χ1n) is 7.16. The number of hydrogen-bond acceptors (Lipinski definition) is 2. The molecular formula is C16H21N3. The van der Waals surface area contributed by atoms with Crippen LogP contribution < -0.4 is 5.32 Å². The molecule has 1 N–H and O–H groups in total. The first-order chi connectivity index (χ1) is 9.31. The summed E-state index contributed by atoms with van der Waals surface area (Å²) in [6.45, 7) is 7.39. The van der Waals surface area contributed by atoms with E-state index in [9.17, 15) is 0 Å². The molecule has 19 heavy (non-hydrogen) atoms. The zero-order valence-electron chi connectivity index (χ0n) is 11.7. The largest absolute Gasteiger partial charge is 0.316 e. The molecule has 0 saturated carbocycles.